The van der Waals surface area contributed by atoms with Gasteiger partial charge in [-0.15, -0.1) is 0 Å². The van der Waals surface area contributed by atoms with E-state index in [4.69, 9.17) is 17.3 Å². The van der Waals surface area contributed by atoms with E-state index < -0.39 is 0 Å². The molecule has 0 spiro atoms. The van der Waals surface area contributed by atoms with Gasteiger partial charge in [-0.2, -0.15) is 5.10 Å². The Morgan fingerprint density at radius 3 is 2.76 bits per heavy atom. The molecule has 4 heteroatoms. The van der Waals surface area contributed by atoms with E-state index in [2.05, 4.69) is 30.2 Å². The van der Waals surface area contributed by atoms with Crippen LogP contribution < -0.4 is 5.73 Å². The monoisotopic (exact) mass is 249 g/mol. The summed E-state index contributed by atoms with van der Waals surface area (Å²) >= 11 is 6.14. The smallest absolute Gasteiger partial charge is 0.158 e. The van der Waals surface area contributed by atoms with E-state index in [0.29, 0.717) is 5.15 Å². The maximum Gasteiger partial charge on any atom is 0.158 e. The van der Waals surface area contributed by atoms with Crippen molar-refractivity contribution < 1.29 is 0 Å². The van der Waals surface area contributed by atoms with Crippen LogP contribution in [-0.4, -0.2) is 15.8 Å². The van der Waals surface area contributed by atoms with Crippen LogP contribution in [0.25, 0.3) is 10.9 Å². The topological polar surface area (TPSA) is 43.8 Å². The highest BCUT2D eigenvalue weighted by Gasteiger charge is 2.47. The number of hydrogen-bond acceptors (Lipinski definition) is 2. The van der Waals surface area contributed by atoms with Crippen molar-refractivity contribution in [2.75, 3.05) is 0 Å². The van der Waals surface area contributed by atoms with Crippen LogP contribution in [0.15, 0.2) is 18.2 Å². The first-order valence-electron chi connectivity index (χ1n) is 5.93. The fourth-order valence-electron chi connectivity index (χ4n) is 2.67. The van der Waals surface area contributed by atoms with Gasteiger partial charge in [0.05, 0.1) is 5.52 Å². The third-order valence-electron chi connectivity index (χ3n) is 4.04. The van der Waals surface area contributed by atoms with Crippen LogP contribution in [0.4, 0.5) is 0 Å². The first-order chi connectivity index (χ1) is 8.04. The molecule has 17 heavy (non-hydrogen) atoms. The van der Waals surface area contributed by atoms with Crippen LogP contribution in [0.5, 0.6) is 0 Å². The summed E-state index contributed by atoms with van der Waals surface area (Å²) in [5, 5.41) is 5.83. The summed E-state index contributed by atoms with van der Waals surface area (Å²) in [6.07, 6.45) is 2.35. The molecule has 0 radical (unpaired) electrons. The lowest BCUT2D eigenvalue weighted by Crippen LogP contribution is -2.31. The molecule has 1 fully saturated rings. The van der Waals surface area contributed by atoms with E-state index in [-0.39, 0.29) is 11.5 Å². The Kier molecular flexibility index (Phi) is 2.25. The number of aryl methyl sites for hydroxylation is 1. The van der Waals surface area contributed by atoms with Crippen molar-refractivity contribution in [3.63, 3.8) is 0 Å². The first kappa shape index (κ1) is 11.1. The summed E-state index contributed by atoms with van der Waals surface area (Å²) < 4.78 is 1.81. The number of nitrogens with zero attached hydrogens (tertiary/aromatic N) is 2. The highest BCUT2D eigenvalue weighted by molar-refractivity contribution is 6.34. The highest BCUT2D eigenvalue weighted by Crippen LogP contribution is 2.50. The molecule has 1 aromatic heterocycles. The zero-order chi connectivity index (χ0) is 12.2. The Morgan fingerprint density at radius 2 is 2.18 bits per heavy atom. The van der Waals surface area contributed by atoms with E-state index >= 15 is 0 Å². The predicted molar refractivity (Wildman–Crippen MR) is 70.3 cm³/mol. The van der Waals surface area contributed by atoms with Gasteiger partial charge in [0.1, 0.15) is 0 Å². The van der Waals surface area contributed by atoms with E-state index in [1.54, 1.807) is 0 Å². The van der Waals surface area contributed by atoms with E-state index in [0.717, 1.165) is 10.9 Å². The van der Waals surface area contributed by atoms with Gasteiger partial charge in [-0.1, -0.05) is 17.7 Å². The van der Waals surface area contributed by atoms with Gasteiger partial charge in [-0.25, -0.2) is 0 Å². The Balaban J connectivity index is 2.17. The van der Waals surface area contributed by atoms with Gasteiger partial charge in [0, 0.05) is 23.9 Å². The van der Waals surface area contributed by atoms with Gasteiger partial charge >= 0.3 is 0 Å². The summed E-state index contributed by atoms with van der Waals surface area (Å²) in [5.41, 5.74) is 8.64. The number of benzene rings is 1. The van der Waals surface area contributed by atoms with Crippen LogP contribution in [0.3, 0.4) is 0 Å². The molecule has 2 aromatic rings. The van der Waals surface area contributed by atoms with Crippen molar-refractivity contribution >= 4 is 22.5 Å². The lowest BCUT2D eigenvalue weighted by Gasteiger charge is -2.20. The molecule has 0 saturated heterocycles. The zero-order valence-electron chi connectivity index (χ0n) is 10.1. The second kappa shape index (κ2) is 3.47. The molecule has 1 aromatic carbocycles. The third kappa shape index (κ3) is 1.49. The van der Waals surface area contributed by atoms with Crippen molar-refractivity contribution in [1.82, 2.24) is 9.78 Å². The summed E-state index contributed by atoms with van der Waals surface area (Å²) in [6.45, 7) is 2.09. The van der Waals surface area contributed by atoms with Gasteiger partial charge in [0.25, 0.3) is 0 Å². The fraction of sp³-hybridized carbons (Fsp3) is 0.462. The van der Waals surface area contributed by atoms with Crippen LogP contribution in [0.2, 0.25) is 5.15 Å². The SMILES string of the molecule is CC(N)C1(c2ccc3c(c2)c(Cl)nn3C)CC1. The van der Waals surface area contributed by atoms with Crippen molar-refractivity contribution in [2.45, 2.75) is 31.2 Å². The van der Waals surface area contributed by atoms with Gasteiger partial charge in [-0.05, 0) is 37.5 Å². The van der Waals surface area contributed by atoms with Gasteiger partial charge in [0.15, 0.2) is 5.15 Å². The standard InChI is InChI=1S/C13H16ClN3/c1-8(15)13(5-6-13)9-3-4-11-10(7-9)12(14)16-17(11)2/h3-4,7-8H,5-6,15H2,1-2H3. The maximum absolute atomic E-state index is 6.14. The summed E-state index contributed by atoms with van der Waals surface area (Å²) in [4.78, 5) is 0. The average molecular weight is 250 g/mol. The van der Waals surface area contributed by atoms with Crippen molar-refractivity contribution in [2.24, 2.45) is 12.8 Å². The number of nitrogens with two attached hydrogens (primary N) is 1. The maximum atomic E-state index is 6.14. The van der Waals surface area contributed by atoms with Crippen LogP contribution >= 0.6 is 11.6 Å². The largest absolute Gasteiger partial charge is 0.327 e. The Morgan fingerprint density at radius 1 is 1.47 bits per heavy atom. The molecule has 3 rings (SSSR count). The van der Waals surface area contributed by atoms with Crippen LogP contribution in [-0.2, 0) is 12.5 Å². The Hall–Kier alpha value is -1.06. The molecule has 0 aliphatic heterocycles. The Labute approximate surface area is 106 Å². The molecule has 1 heterocycles. The molecule has 90 valence electrons. The molecule has 1 unspecified atom stereocenters. The minimum absolute atomic E-state index is 0.174. The number of hydrogen-bond donors (Lipinski definition) is 1. The second-order valence-electron chi connectivity index (χ2n) is 5.09. The molecule has 3 nitrogen and oxygen atoms in total. The zero-order valence-corrected chi connectivity index (χ0v) is 10.8. The number of rotatable bonds is 2. The normalized spacial score (nSPS) is 19.5. The van der Waals surface area contributed by atoms with Crippen LogP contribution in [0, 0.1) is 0 Å². The highest BCUT2D eigenvalue weighted by atomic mass is 35.5. The minimum Gasteiger partial charge on any atom is -0.327 e. The lowest BCUT2D eigenvalue weighted by molar-refractivity contribution is 0.557. The number of aromatic nitrogens is 2. The van der Waals surface area contributed by atoms with Crippen molar-refractivity contribution in [3.8, 4) is 0 Å². The number of fused-ring (bicyclic) bond motifs is 1. The Bertz CT molecular complexity index is 582. The fourth-order valence-corrected chi connectivity index (χ4v) is 2.94. The van der Waals surface area contributed by atoms with E-state index in [1.165, 1.54) is 18.4 Å². The van der Waals surface area contributed by atoms with Gasteiger partial charge < -0.3 is 5.73 Å². The molecule has 1 atom stereocenters. The molecule has 1 saturated carbocycles. The van der Waals surface area contributed by atoms with Crippen molar-refractivity contribution in [1.29, 1.82) is 0 Å². The third-order valence-corrected chi connectivity index (χ3v) is 4.32. The average Bonchev–Trinajstić information content (AvgIpc) is 3.04. The van der Waals surface area contributed by atoms with Crippen molar-refractivity contribution in [3.05, 3.63) is 28.9 Å². The summed E-state index contributed by atoms with van der Waals surface area (Å²) in [7, 11) is 1.91. The van der Waals surface area contributed by atoms with Gasteiger partial charge in [-0.3, -0.25) is 4.68 Å². The first-order valence-corrected chi connectivity index (χ1v) is 6.31. The molecule has 1 aliphatic carbocycles. The molecular weight excluding hydrogens is 234 g/mol. The van der Waals surface area contributed by atoms with Gasteiger partial charge in [0.2, 0.25) is 0 Å². The number of halogens is 1. The predicted octanol–water partition coefficient (Wildman–Crippen LogP) is 2.61. The lowest BCUT2D eigenvalue weighted by atomic mass is 9.89. The molecule has 2 N–H and O–H groups in total. The van der Waals surface area contributed by atoms with E-state index in [1.807, 2.05) is 11.7 Å². The quantitative estimate of drug-likeness (QED) is 0.889. The van der Waals surface area contributed by atoms with Crippen LogP contribution in [0.1, 0.15) is 25.3 Å². The summed E-state index contributed by atoms with van der Waals surface area (Å²) in [5.74, 6) is 0. The molecular formula is C13H16ClN3. The summed E-state index contributed by atoms with van der Waals surface area (Å²) in [6, 6.07) is 6.60. The van der Waals surface area contributed by atoms with E-state index in [9.17, 15) is 0 Å². The second-order valence-corrected chi connectivity index (χ2v) is 5.45. The molecule has 0 bridgehead atoms. The molecule has 0 amide bonds. The minimum atomic E-state index is 0.174. The molecule has 1 aliphatic rings.